The van der Waals surface area contributed by atoms with Crippen molar-refractivity contribution >= 4 is 11.9 Å². The third-order valence-corrected chi connectivity index (χ3v) is 5.97. The number of rotatable bonds is 4. The summed E-state index contributed by atoms with van der Waals surface area (Å²) in [6.07, 6.45) is 6.75. The van der Waals surface area contributed by atoms with Crippen LogP contribution in [0.4, 0.5) is 0 Å². The van der Waals surface area contributed by atoms with Gasteiger partial charge >= 0.3 is 0 Å². The van der Waals surface area contributed by atoms with Gasteiger partial charge in [-0.05, 0) is 30.4 Å². The lowest BCUT2D eigenvalue weighted by Crippen LogP contribution is -2.61. The first kappa shape index (κ1) is 14.9. The molecule has 2 atom stereocenters. The zero-order chi connectivity index (χ0) is 15.8. The summed E-state index contributed by atoms with van der Waals surface area (Å²) in [6.45, 7) is 1.76. The van der Waals surface area contributed by atoms with E-state index in [0.717, 1.165) is 43.1 Å². The van der Waals surface area contributed by atoms with E-state index < -0.39 is 5.54 Å². The van der Waals surface area contributed by atoms with Crippen LogP contribution in [0.2, 0.25) is 0 Å². The second-order valence-electron chi connectivity index (χ2n) is 6.72. The second-order valence-corrected chi connectivity index (χ2v) is 6.72. The van der Waals surface area contributed by atoms with Crippen molar-refractivity contribution in [2.24, 2.45) is 11.3 Å². The lowest BCUT2D eigenvalue weighted by Gasteiger charge is -2.54. The second kappa shape index (κ2) is 5.34. The molecule has 0 amide bonds. The first-order valence-electron chi connectivity index (χ1n) is 7.89. The highest BCUT2D eigenvalue weighted by Crippen LogP contribution is 2.61. The van der Waals surface area contributed by atoms with Crippen molar-refractivity contribution in [3.63, 3.8) is 0 Å². The SMILES string of the molecule is C[C@@]1([N+](=O)[O-])[C@@H](CC=O)C(c2ccccc2)=CCC12CCC2. The first-order valence-corrected chi connectivity index (χ1v) is 7.89. The van der Waals surface area contributed by atoms with E-state index in [1.165, 1.54) is 0 Å². The Bertz CT molecular complexity index is 618. The zero-order valence-electron chi connectivity index (χ0n) is 12.8. The Kier molecular flexibility index (Phi) is 3.63. The highest BCUT2D eigenvalue weighted by molar-refractivity contribution is 5.72. The molecule has 2 aliphatic carbocycles. The van der Waals surface area contributed by atoms with Crippen molar-refractivity contribution in [1.29, 1.82) is 0 Å². The van der Waals surface area contributed by atoms with Crippen molar-refractivity contribution < 1.29 is 9.72 Å². The van der Waals surface area contributed by atoms with E-state index in [2.05, 4.69) is 6.08 Å². The van der Waals surface area contributed by atoms with Gasteiger partial charge in [-0.2, -0.15) is 0 Å². The number of hydrogen-bond acceptors (Lipinski definition) is 3. The fourth-order valence-corrected chi connectivity index (χ4v) is 4.36. The van der Waals surface area contributed by atoms with E-state index in [1.807, 2.05) is 30.3 Å². The summed E-state index contributed by atoms with van der Waals surface area (Å²) >= 11 is 0. The van der Waals surface area contributed by atoms with Gasteiger partial charge in [0, 0.05) is 23.7 Å². The van der Waals surface area contributed by atoms with Crippen molar-refractivity contribution in [1.82, 2.24) is 0 Å². The van der Waals surface area contributed by atoms with E-state index in [1.54, 1.807) is 6.92 Å². The van der Waals surface area contributed by atoms with Crippen LogP contribution in [-0.2, 0) is 4.79 Å². The molecule has 1 aromatic rings. The Morgan fingerprint density at radius 1 is 1.32 bits per heavy atom. The highest BCUT2D eigenvalue weighted by atomic mass is 16.6. The number of carbonyl (C=O) groups is 1. The topological polar surface area (TPSA) is 60.2 Å². The Morgan fingerprint density at radius 3 is 2.50 bits per heavy atom. The molecule has 0 aliphatic heterocycles. The van der Waals surface area contributed by atoms with E-state index in [9.17, 15) is 14.9 Å². The zero-order valence-corrected chi connectivity index (χ0v) is 12.8. The standard InChI is InChI=1S/C18H21NO3/c1-17(19(21)22)16(9-13-20)15(14-6-3-2-4-7-14)8-12-18(17)10-5-11-18/h2-4,6-8,13,16H,5,9-12H2,1H3/t16-,17+/m0/s1. The molecule has 0 N–H and O–H groups in total. The Labute approximate surface area is 130 Å². The highest BCUT2D eigenvalue weighted by Gasteiger charge is 2.66. The van der Waals surface area contributed by atoms with Crippen LogP contribution in [0.3, 0.4) is 0 Å². The number of benzene rings is 1. The van der Waals surface area contributed by atoms with E-state index in [-0.39, 0.29) is 22.7 Å². The number of allylic oxidation sites excluding steroid dienone is 1. The minimum atomic E-state index is -1.06. The molecule has 4 heteroatoms. The van der Waals surface area contributed by atoms with Gasteiger partial charge in [0.2, 0.25) is 5.54 Å². The maximum atomic E-state index is 12.0. The van der Waals surface area contributed by atoms with Gasteiger partial charge in [-0.15, -0.1) is 0 Å². The molecule has 3 rings (SSSR count). The summed E-state index contributed by atoms with van der Waals surface area (Å²) in [4.78, 5) is 23.1. The molecule has 1 fully saturated rings. The summed E-state index contributed by atoms with van der Waals surface area (Å²) in [7, 11) is 0. The average molecular weight is 299 g/mol. The van der Waals surface area contributed by atoms with Crippen LogP contribution in [0, 0.1) is 21.4 Å². The predicted octanol–water partition coefficient (Wildman–Crippen LogP) is 3.88. The van der Waals surface area contributed by atoms with Crippen molar-refractivity contribution in [2.45, 2.75) is 44.6 Å². The molecule has 1 spiro atoms. The summed E-state index contributed by atoms with van der Waals surface area (Å²) in [5, 5.41) is 12.0. The predicted molar refractivity (Wildman–Crippen MR) is 84.9 cm³/mol. The monoisotopic (exact) mass is 299 g/mol. The van der Waals surface area contributed by atoms with Gasteiger partial charge in [0.1, 0.15) is 6.29 Å². The van der Waals surface area contributed by atoms with Crippen LogP contribution in [0.1, 0.15) is 44.6 Å². The van der Waals surface area contributed by atoms with Crippen molar-refractivity contribution in [3.8, 4) is 0 Å². The molecule has 4 nitrogen and oxygen atoms in total. The average Bonchev–Trinajstić information content (AvgIpc) is 2.48. The fraction of sp³-hybridized carbons (Fsp3) is 0.500. The maximum absolute atomic E-state index is 12.0. The minimum absolute atomic E-state index is 0.115. The molecule has 22 heavy (non-hydrogen) atoms. The lowest BCUT2D eigenvalue weighted by atomic mass is 9.48. The number of aldehydes is 1. The molecule has 1 aromatic carbocycles. The molecule has 0 aromatic heterocycles. The molecule has 0 radical (unpaired) electrons. The molecule has 0 bridgehead atoms. The third-order valence-electron chi connectivity index (χ3n) is 5.97. The normalized spacial score (nSPS) is 29.5. The van der Waals surface area contributed by atoms with Crippen LogP contribution in [0.25, 0.3) is 5.57 Å². The van der Waals surface area contributed by atoms with Gasteiger partial charge in [0.05, 0.1) is 5.92 Å². The van der Waals surface area contributed by atoms with Gasteiger partial charge in [-0.3, -0.25) is 10.1 Å². The van der Waals surface area contributed by atoms with Crippen molar-refractivity contribution in [3.05, 3.63) is 52.1 Å². The van der Waals surface area contributed by atoms with Crippen molar-refractivity contribution in [2.75, 3.05) is 0 Å². The van der Waals surface area contributed by atoms with Gasteiger partial charge in [0.15, 0.2) is 0 Å². The van der Waals surface area contributed by atoms with E-state index in [0.29, 0.717) is 0 Å². The summed E-state index contributed by atoms with van der Waals surface area (Å²) in [5.74, 6) is -0.351. The molecule has 0 heterocycles. The van der Waals surface area contributed by atoms with E-state index in [4.69, 9.17) is 0 Å². The largest absolute Gasteiger partial charge is 0.303 e. The molecular weight excluding hydrogens is 278 g/mol. The quantitative estimate of drug-likeness (QED) is 0.481. The lowest BCUT2D eigenvalue weighted by molar-refractivity contribution is -0.601. The molecular formula is C18H21NO3. The van der Waals surface area contributed by atoms with Crippen LogP contribution in [-0.4, -0.2) is 16.7 Å². The first-order chi connectivity index (χ1) is 10.5. The fourth-order valence-electron chi connectivity index (χ4n) is 4.36. The Hall–Kier alpha value is -1.97. The summed E-state index contributed by atoms with van der Waals surface area (Å²) in [5.41, 5.74) is 0.621. The summed E-state index contributed by atoms with van der Waals surface area (Å²) < 4.78 is 0. The molecule has 116 valence electrons. The Morgan fingerprint density at radius 2 is 2.00 bits per heavy atom. The van der Waals surface area contributed by atoms with Gasteiger partial charge in [-0.1, -0.05) is 42.8 Å². The van der Waals surface area contributed by atoms with Crippen LogP contribution in [0.5, 0.6) is 0 Å². The maximum Gasteiger partial charge on any atom is 0.232 e. The van der Waals surface area contributed by atoms with Gasteiger partial charge in [0.25, 0.3) is 0 Å². The smallest absolute Gasteiger partial charge is 0.232 e. The number of hydrogen-bond donors (Lipinski definition) is 0. The molecule has 0 unspecified atom stereocenters. The molecule has 0 saturated heterocycles. The number of nitro groups is 1. The van der Waals surface area contributed by atoms with Crippen LogP contribution < -0.4 is 0 Å². The number of nitrogens with zero attached hydrogens (tertiary/aromatic N) is 1. The molecule has 2 aliphatic rings. The van der Waals surface area contributed by atoms with Gasteiger partial charge in [-0.25, -0.2) is 0 Å². The Balaban J connectivity index is 2.12. The van der Waals surface area contributed by atoms with Crippen LogP contribution in [0.15, 0.2) is 36.4 Å². The summed E-state index contributed by atoms with van der Waals surface area (Å²) in [6, 6.07) is 9.75. The van der Waals surface area contributed by atoms with E-state index >= 15 is 0 Å². The number of carbonyl (C=O) groups excluding carboxylic acids is 1. The third kappa shape index (κ3) is 1.93. The van der Waals surface area contributed by atoms with Gasteiger partial charge < -0.3 is 4.79 Å². The minimum Gasteiger partial charge on any atom is -0.303 e. The van der Waals surface area contributed by atoms with Crippen LogP contribution >= 0.6 is 0 Å². The molecule has 1 saturated carbocycles.